The highest BCUT2D eigenvalue weighted by atomic mass is 16.6. The number of benzene rings is 3. The summed E-state index contributed by atoms with van der Waals surface area (Å²) < 4.78 is 0. The molecule has 33 heavy (non-hydrogen) atoms. The van der Waals surface area contributed by atoms with Gasteiger partial charge in [-0.15, -0.1) is 0 Å². The molecule has 0 spiro atoms. The van der Waals surface area contributed by atoms with Crippen LogP contribution >= 0.6 is 0 Å². The van der Waals surface area contributed by atoms with Crippen LogP contribution in [0, 0.1) is 10.1 Å². The van der Waals surface area contributed by atoms with Crippen LogP contribution < -0.4 is 15.5 Å². The van der Waals surface area contributed by atoms with Gasteiger partial charge in [-0.25, -0.2) is 4.79 Å². The Morgan fingerprint density at radius 1 is 0.939 bits per heavy atom. The number of nitro groups is 1. The van der Waals surface area contributed by atoms with Gasteiger partial charge in [0.25, 0.3) is 5.69 Å². The lowest BCUT2D eigenvalue weighted by molar-refractivity contribution is -0.384. The lowest BCUT2D eigenvalue weighted by Crippen LogP contribution is -2.42. The average molecular weight is 447 g/mol. The molecule has 0 aliphatic rings. The van der Waals surface area contributed by atoms with E-state index in [1.165, 1.54) is 29.2 Å². The van der Waals surface area contributed by atoms with Gasteiger partial charge in [0, 0.05) is 36.6 Å². The molecule has 1 unspecified atom stereocenters. The van der Waals surface area contributed by atoms with Crippen molar-refractivity contribution in [2.24, 2.45) is 0 Å². The van der Waals surface area contributed by atoms with E-state index in [0.717, 1.165) is 5.56 Å². The van der Waals surface area contributed by atoms with Crippen LogP contribution in [0.3, 0.4) is 0 Å². The zero-order chi connectivity index (χ0) is 23.6. The number of hydrogen-bond donors (Lipinski definition) is 2. The van der Waals surface area contributed by atoms with Gasteiger partial charge in [-0.2, -0.15) is 0 Å². The van der Waals surface area contributed by atoms with Gasteiger partial charge in [-0.1, -0.05) is 55.5 Å². The first-order valence-corrected chi connectivity index (χ1v) is 10.7. The molecule has 3 aromatic carbocycles. The average Bonchev–Trinajstić information content (AvgIpc) is 2.84. The van der Waals surface area contributed by atoms with E-state index in [2.05, 4.69) is 10.6 Å². The predicted octanol–water partition coefficient (Wildman–Crippen LogP) is 4.94. The zero-order valence-electron chi connectivity index (χ0n) is 18.3. The van der Waals surface area contributed by atoms with E-state index >= 15 is 0 Å². The van der Waals surface area contributed by atoms with E-state index in [-0.39, 0.29) is 30.6 Å². The summed E-state index contributed by atoms with van der Waals surface area (Å²) >= 11 is 0. The third kappa shape index (κ3) is 6.39. The van der Waals surface area contributed by atoms with E-state index in [1.807, 2.05) is 55.5 Å². The molecular formula is C25H26N4O4. The molecule has 8 heteroatoms. The zero-order valence-corrected chi connectivity index (χ0v) is 18.3. The molecule has 8 nitrogen and oxygen atoms in total. The SMILES string of the molecule is CCC(C(=O)NCCN(C(=O)Nc1ccc([N+](=O)[O-])cc1)c1ccccc1)c1ccccc1. The molecule has 0 aliphatic carbocycles. The van der Waals surface area contributed by atoms with E-state index in [0.29, 0.717) is 17.8 Å². The maximum atomic E-state index is 13.0. The Kier molecular flexibility index (Phi) is 8.13. The number of amides is 3. The maximum absolute atomic E-state index is 13.0. The Morgan fingerprint density at radius 2 is 1.55 bits per heavy atom. The third-order valence-electron chi connectivity index (χ3n) is 5.20. The summed E-state index contributed by atoms with van der Waals surface area (Å²) in [6, 6.07) is 23.9. The molecule has 0 aromatic heterocycles. The summed E-state index contributed by atoms with van der Waals surface area (Å²) in [6.45, 7) is 2.48. The monoisotopic (exact) mass is 446 g/mol. The molecule has 2 N–H and O–H groups in total. The van der Waals surface area contributed by atoms with Gasteiger partial charge in [0.2, 0.25) is 5.91 Å². The molecule has 0 aliphatic heterocycles. The first-order chi connectivity index (χ1) is 16.0. The van der Waals surface area contributed by atoms with Crippen molar-refractivity contribution in [3.05, 3.63) is 101 Å². The molecule has 1 atom stereocenters. The molecule has 3 rings (SSSR count). The highest BCUT2D eigenvalue weighted by Crippen LogP contribution is 2.20. The highest BCUT2D eigenvalue weighted by Gasteiger charge is 2.20. The molecule has 0 saturated carbocycles. The minimum Gasteiger partial charge on any atom is -0.354 e. The number of urea groups is 1. The Bertz CT molecular complexity index is 1070. The minimum atomic E-state index is -0.496. The summed E-state index contributed by atoms with van der Waals surface area (Å²) in [5.74, 6) is -0.349. The number of nitrogens with zero attached hydrogens (tertiary/aromatic N) is 2. The summed E-state index contributed by atoms with van der Waals surface area (Å²) in [5.41, 5.74) is 2.00. The number of hydrogen-bond acceptors (Lipinski definition) is 4. The van der Waals surface area contributed by atoms with Gasteiger partial charge < -0.3 is 10.6 Å². The van der Waals surface area contributed by atoms with Crippen LogP contribution in [0.15, 0.2) is 84.9 Å². The minimum absolute atomic E-state index is 0.0560. The molecule has 3 aromatic rings. The Balaban J connectivity index is 1.66. The van der Waals surface area contributed by atoms with Crippen molar-refractivity contribution in [3.8, 4) is 0 Å². The number of nitro benzene ring substituents is 1. The van der Waals surface area contributed by atoms with Crippen molar-refractivity contribution >= 4 is 29.0 Å². The number of carbonyl (C=O) groups excluding carboxylic acids is 2. The smallest absolute Gasteiger partial charge is 0.326 e. The second-order valence-corrected chi connectivity index (χ2v) is 7.38. The predicted molar refractivity (Wildman–Crippen MR) is 128 cm³/mol. The summed E-state index contributed by atoms with van der Waals surface area (Å²) in [7, 11) is 0. The van der Waals surface area contributed by atoms with E-state index in [9.17, 15) is 19.7 Å². The van der Waals surface area contributed by atoms with Crippen LogP contribution in [0.1, 0.15) is 24.8 Å². The van der Waals surface area contributed by atoms with Gasteiger partial charge in [-0.3, -0.25) is 19.8 Å². The Labute approximate surface area is 192 Å². The normalized spacial score (nSPS) is 11.3. The molecule has 0 saturated heterocycles. The van der Waals surface area contributed by atoms with Crippen molar-refractivity contribution in [2.45, 2.75) is 19.3 Å². The summed E-state index contributed by atoms with van der Waals surface area (Å²) in [4.78, 5) is 37.6. The second kappa shape index (κ2) is 11.4. The molecule has 0 heterocycles. The molecule has 0 radical (unpaired) electrons. The number of non-ortho nitro benzene ring substituents is 1. The van der Waals surface area contributed by atoms with Gasteiger partial charge >= 0.3 is 6.03 Å². The molecule has 170 valence electrons. The van der Waals surface area contributed by atoms with Gasteiger partial charge in [-0.05, 0) is 36.2 Å². The largest absolute Gasteiger partial charge is 0.354 e. The van der Waals surface area contributed by atoms with Crippen molar-refractivity contribution in [3.63, 3.8) is 0 Å². The molecule has 0 bridgehead atoms. The highest BCUT2D eigenvalue weighted by molar-refractivity contribution is 6.01. The van der Waals surface area contributed by atoms with Crippen LogP contribution in [0.4, 0.5) is 21.9 Å². The fourth-order valence-corrected chi connectivity index (χ4v) is 3.49. The van der Waals surface area contributed by atoms with Crippen LogP contribution in [-0.4, -0.2) is 30.0 Å². The van der Waals surface area contributed by atoms with E-state index in [4.69, 9.17) is 0 Å². The van der Waals surface area contributed by atoms with Crippen molar-refractivity contribution < 1.29 is 14.5 Å². The summed E-state index contributed by atoms with van der Waals surface area (Å²) in [5, 5.41) is 16.5. The quantitative estimate of drug-likeness (QED) is 0.359. The van der Waals surface area contributed by atoms with Gasteiger partial charge in [0.1, 0.15) is 0 Å². The van der Waals surface area contributed by atoms with Crippen molar-refractivity contribution in [1.29, 1.82) is 0 Å². The Morgan fingerprint density at radius 3 is 2.12 bits per heavy atom. The van der Waals surface area contributed by atoms with Crippen molar-refractivity contribution in [2.75, 3.05) is 23.3 Å². The lowest BCUT2D eigenvalue weighted by atomic mass is 9.96. The molecule has 3 amide bonds. The second-order valence-electron chi connectivity index (χ2n) is 7.38. The molecular weight excluding hydrogens is 420 g/mol. The fourth-order valence-electron chi connectivity index (χ4n) is 3.49. The maximum Gasteiger partial charge on any atom is 0.326 e. The van der Waals surface area contributed by atoms with Crippen LogP contribution in [0.5, 0.6) is 0 Å². The van der Waals surface area contributed by atoms with Crippen molar-refractivity contribution in [1.82, 2.24) is 5.32 Å². The number of rotatable bonds is 9. The number of carbonyl (C=O) groups is 2. The van der Waals surface area contributed by atoms with Crippen LogP contribution in [0.2, 0.25) is 0 Å². The molecule has 0 fully saturated rings. The van der Waals surface area contributed by atoms with Gasteiger partial charge in [0.05, 0.1) is 10.8 Å². The number of anilines is 2. The Hall–Kier alpha value is -4.20. The first-order valence-electron chi connectivity index (χ1n) is 10.7. The topological polar surface area (TPSA) is 105 Å². The number of para-hydroxylation sites is 1. The standard InChI is InChI=1S/C25H26N4O4/c1-2-23(19-9-5-3-6-10-19)24(30)26-17-18-28(21-11-7-4-8-12-21)25(31)27-20-13-15-22(16-14-20)29(32)33/h3-16,23H,2,17-18H2,1H3,(H,26,30)(H,27,31). The van der Waals surface area contributed by atoms with E-state index < -0.39 is 11.0 Å². The summed E-state index contributed by atoms with van der Waals surface area (Å²) in [6.07, 6.45) is 0.666. The number of nitrogens with one attached hydrogen (secondary N) is 2. The lowest BCUT2D eigenvalue weighted by Gasteiger charge is -2.24. The van der Waals surface area contributed by atoms with Crippen LogP contribution in [-0.2, 0) is 4.79 Å². The van der Waals surface area contributed by atoms with E-state index in [1.54, 1.807) is 12.1 Å². The van der Waals surface area contributed by atoms with Gasteiger partial charge in [0.15, 0.2) is 0 Å². The third-order valence-corrected chi connectivity index (χ3v) is 5.20. The van der Waals surface area contributed by atoms with Crippen LogP contribution in [0.25, 0.3) is 0 Å². The first kappa shape index (κ1) is 23.5. The fraction of sp³-hybridized carbons (Fsp3) is 0.200.